The lowest BCUT2D eigenvalue weighted by molar-refractivity contribution is -0.142. The molecule has 0 heterocycles. The van der Waals surface area contributed by atoms with E-state index in [-0.39, 0.29) is 18.8 Å². The molecule has 0 N–H and O–H groups in total. The fourth-order valence-electron chi connectivity index (χ4n) is 2.58. The summed E-state index contributed by atoms with van der Waals surface area (Å²) in [4.78, 5) is 24.4. The highest BCUT2D eigenvalue weighted by Crippen LogP contribution is 2.25. The first-order valence-corrected chi connectivity index (χ1v) is 8.63. The summed E-state index contributed by atoms with van der Waals surface area (Å²) in [5.41, 5.74) is 1.20. The van der Waals surface area contributed by atoms with E-state index in [1.165, 1.54) is 14.2 Å². The molecule has 0 atom stereocenters. The number of esters is 1. The van der Waals surface area contributed by atoms with Crippen LogP contribution in [0.4, 0.5) is 0 Å². The van der Waals surface area contributed by atoms with Crippen LogP contribution in [0.15, 0.2) is 36.4 Å². The van der Waals surface area contributed by atoms with Crippen molar-refractivity contribution in [3.05, 3.63) is 47.5 Å². The Balaban J connectivity index is 1.91. The molecule has 0 saturated heterocycles. The van der Waals surface area contributed by atoms with Gasteiger partial charge in [0.05, 0.1) is 34.0 Å². The maximum Gasteiger partial charge on any atom is 0.306 e. The SMILES string of the molecule is COc1cc(CCC(=O)OCC(=O)c2ccc(OC)cc2OC)cc(OC)c1. The van der Waals surface area contributed by atoms with E-state index in [1.807, 2.05) is 12.1 Å². The second-order valence-corrected chi connectivity index (χ2v) is 5.87. The van der Waals surface area contributed by atoms with Gasteiger partial charge in [-0.25, -0.2) is 0 Å². The normalized spacial score (nSPS) is 10.1. The standard InChI is InChI=1S/C21H24O7/c1-24-15-6-7-18(20(12-15)27-4)19(22)13-28-21(23)8-5-14-9-16(25-2)11-17(10-14)26-3/h6-7,9-12H,5,8,13H2,1-4H3. The smallest absolute Gasteiger partial charge is 0.306 e. The van der Waals surface area contributed by atoms with Crippen molar-refractivity contribution >= 4 is 11.8 Å². The van der Waals surface area contributed by atoms with Gasteiger partial charge in [0.25, 0.3) is 0 Å². The van der Waals surface area contributed by atoms with Crippen molar-refractivity contribution in [1.29, 1.82) is 0 Å². The van der Waals surface area contributed by atoms with E-state index < -0.39 is 5.97 Å². The summed E-state index contributed by atoms with van der Waals surface area (Å²) in [5, 5.41) is 0. The van der Waals surface area contributed by atoms with Crippen LogP contribution in [-0.4, -0.2) is 46.8 Å². The molecule has 0 aromatic heterocycles. The summed E-state index contributed by atoms with van der Waals surface area (Å²) in [5.74, 6) is 1.40. The summed E-state index contributed by atoms with van der Waals surface area (Å²) in [6, 6.07) is 10.2. The van der Waals surface area contributed by atoms with Gasteiger partial charge in [0, 0.05) is 18.6 Å². The predicted octanol–water partition coefficient (Wildman–Crippen LogP) is 3.08. The van der Waals surface area contributed by atoms with Crippen LogP contribution in [0.1, 0.15) is 22.3 Å². The molecule has 2 aromatic rings. The molecule has 7 heteroatoms. The minimum Gasteiger partial charge on any atom is -0.497 e. The van der Waals surface area contributed by atoms with Crippen molar-refractivity contribution in [2.24, 2.45) is 0 Å². The third-order valence-corrected chi connectivity index (χ3v) is 4.10. The number of rotatable bonds is 10. The van der Waals surface area contributed by atoms with Gasteiger partial charge in [-0.1, -0.05) is 0 Å². The van der Waals surface area contributed by atoms with Crippen molar-refractivity contribution in [2.75, 3.05) is 35.0 Å². The molecule has 7 nitrogen and oxygen atoms in total. The van der Waals surface area contributed by atoms with Crippen LogP contribution in [0.5, 0.6) is 23.0 Å². The van der Waals surface area contributed by atoms with Gasteiger partial charge < -0.3 is 23.7 Å². The average molecular weight is 388 g/mol. The molecule has 0 saturated carbocycles. The second kappa shape index (κ2) is 10.2. The molecule has 0 spiro atoms. The Labute approximate surface area is 164 Å². The first-order valence-electron chi connectivity index (χ1n) is 8.63. The van der Waals surface area contributed by atoms with Gasteiger partial charge in [-0.05, 0) is 36.2 Å². The molecule has 0 aliphatic heterocycles. The summed E-state index contributed by atoms with van der Waals surface area (Å²) in [6.45, 7) is -0.358. The maximum absolute atomic E-state index is 12.3. The fourth-order valence-corrected chi connectivity index (χ4v) is 2.58. The van der Waals surface area contributed by atoms with Gasteiger partial charge in [0.15, 0.2) is 6.61 Å². The Morgan fingerprint density at radius 3 is 2.00 bits per heavy atom. The molecule has 2 rings (SSSR count). The number of carbonyl (C=O) groups excluding carboxylic acids is 2. The van der Waals surface area contributed by atoms with Gasteiger partial charge in [-0.2, -0.15) is 0 Å². The lowest BCUT2D eigenvalue weighted by Crippen LogP contribution is -2.15. The molecule has 0 amide bonds. The molecule has 0 unspecified atom stereocenters. The van der Waals surface area contributed by atoms with Crippen molar-refractivity contribution < 1.29 is 33.3 Å². The molecule has 0 radical (unpaired) electrons. The van der Waals surface area contributed by atoms with E-state index in [1.54, 1.807) is 38.5 Å². The van der Waals surface area contributed by atoms with Gasteiger partial charge in [-0.3, -0.25) is 9.59 Å². The highest BCUT2D eigenvalue weighted by molar-refractivity contribution is 6.00. The number of hydrogen-bond donors (Lipinski definition) is 0. The zero-order valence-electron chi connectivity index (χ0n) is 16.4. The number of hydrogen-bond acceptors (Lipinski definition) is 7. The van der Waals surface area contributed by atoms with Crippen LogP contribution >= 0.6 is 0 Å². The van der Waals surface area contributed by atoms with Crippen molar-refractivity contribution in [3.8, 4) is 23.0 Å². The highest BCUT2D eigenvalue weighted by atomic mass is 16.5. The Bertz CT molecular complexity index is 807. The topological polar surface area (TPSA) is 80.3 Å². The number of benzene rings is 2. The maximum atomic E-state index is 12.3. The molecule has 0 aliphatic rings. The van der Waals surface area contributed by atoms with Gasteiger partial charge >= 0.3 is 5.97 Å². The van der Waals surface area contributed by atoms with E-state index in [0.717, 1.165) is 5.56 Å². The van der Waals surface area contributed by atoms with Gasteiger partial charge in [-0.15, -0.1) is 0 Å². The van der Waals surface area contributed by atoms with Crippen molar-refractivity contribution in [2.45, 2.75) is 12.8 Å². The van der Waals surface area contributed by atoms with Crippen LogP contribution in [0.2, 0.25) is 0 Å². The number of aryl methyl sites for hydroxylation is 1. The molecule has 150 valence electrons. The van der Waals surface area contributed by atoms with Gasteiger partial charge in [0.1, 0.15) is 23.0 Å². The average Bonchev–Trinajstić information content (AvgIpc) is 2.74. The molecule has 0 bridgehead atoms. The van der Waals surface area contributed by atoms with Crippen molar-refractivity contribution in [3.63, 3.8) is 0 Å². The van der Waals surface area contributed by atoms with Crippen LogP contribution in [0.3, 0.4) is 0 Å². The van der Waals surface area contributed by atoms with E-state index >= 15 is 0 Å². The number of carbonyl (C=O) groups is 2. The Kier molecular flexibility index (Phi) is 7.68. The first kappa shape index (κ1) is 21.1. The number of Topliss-reactive ketones (excluding diaryl/α,β-unsaturated/α-hetero) is 1. The Hall–Kier alpha value is -3.22. The molecule has 2 aromatic carbocycles. The first-order chi connectivity index (χ1) is 13.5. The molecule has 0 aliphatic carbocycles. The monoisotopic (exact) mass is 388 g/mol. The Morgan fingerprint density at radius 2 is 1.43 bits per heavy atom. The largest absolute Gasteiger partial charge is 0.497 e. The zero-order valence-corrected chi connectivity index (χ0v) is 16.4. The second-order valence-electron chi connectivity index (χ2n) is 5.87. The third-order valence-electron chi connectivity index (χ3n) is 4.10. The van der Waals surface area contributed by atoms with Crippen LogP contribution in [0, 0.1) is 0 Å². The molecular weight excluding hydrogens is 364 g/mol. The highest BCUT2D eigenvalue weighted by Gasteiger charge is 2.16. The number of ketones is 1. The van der Waals surface area contributed by atoms with E-state index in [4.69, 9.17) is 23.7 Å². The van der Waals surface area contributed by atoms with Crippen molar-refractivity contribution in [1.82, 2.24) is 0 Å². The molecule has 28 heavy (non-hydrogen) atoms. The lowest BCUT2D eigenvalue weighted by atomic mass is 10.1. The number of methoxy groups -OCH3 is 4. The van der Waals surface area contributed by atoms with E-state index in [9.17, 15) is 9.59 Å². The lowest BCUT2D eigenvalue weighted by Gasteiger charge is -2.10. The summed E-state index contributed by atoms with van der Waals surface area (Å²) in [6.07, 6.45) is 0.565. The minimum absolute atomic E-state index is 0.128. The zero-order chi connectivity index (χ0) is 20.5. The minimum atomic E-state index is -0.470. The summed E-state index contributed by atoms with van der Waals surface area (Å²) < 4.78 is 25.8. The summed E-state index contributed by atoms with van der Waals surface area (Å²) in [7, 11) is 6.10. The van der Waals surface area contributed by atoms with Crippen LogP contribution < -0.4 is 18.9 Å². The molecule has 0 fully saturated rings. The third kappa shape index (κ3) is 5.64. The molecular formula is C21H24O7. The van der Waals surface area contributed by atoms with Crippen LogP contribution in [-0.2, 0) is 16.0 Å². The fraction of sp³-hybridized carbons (Fsp3) is 0.333. The van der Waals surface area contributed by atoms with E-state index in [0.29, 0.717) is 35.0 Å². The van der Waals surface area contributed by atoms with Gasteiger partial charge in [0.2, 0.25) is 5.78 Å². The number of ether oxygens (including phenoxy) is 5. The summed E-state index contributed by atoms with van der Waals surface area (Å²) >= 11 is 0. The van der Waals surface area contributed by atoms with E-state index in [2.05, 4.69) is 0 Å². The van der Waals surface area contributed by atoms with Crippen LogP contribution in [0.25, 0.3) is 0 Å². The quantitative estimate of drug-likeness (QED) is 0.457. The Morgan fingerprint density at radius 1 is 0.786 bits per heavy atom. The predicted molar refractivity (Wildman–Crippen MR) is 103 cm³/mol.